The van der Waals surface area contributed by atoms with Crippen molar-refractivity contribution in [2.24, 2.45) is 0 Å². The maximum atomic E-state index is 11.2. The number of rotatable bonds is 5. The molecule has 0 spiro atoms. The summed E-state index contributed by atoms with van der Waals surface area (Å²) in [7, 11) is 1.44. The molecule has 3 heteroatoms. The molecule has 1 heterocycles. The van der Waals surface area contributed by atoms with Gasteiger partial charge in [-0.3, -0.25) is 4.79 Å². The minimum Gasteiger partial charge on any atom is -0.469 e. The van der Waals surface area contributed by atoms with Crippen LogP contribution in [0.2, 0.25) is 0 Å². The molecule has 0 bridgehead atoms. The van der Waals surface area contributed by atoms with E-state index in [4.69, 9.17) is 4.74 Å². The van der Waals surface area contributed by atoms with Crippen molar-refractivity contribution in [2.45, 2.75) is 44.3 Å². The van der Waals surface area contributed by atoms with Gasteiger partial charge in [0.05, 0.1) is 13.2 Å². The molecule has 2 unspecified atom stereocenters. The zero-order chi connectivity index (χ0) is 15.1. The highest BCUT2D eigenvalue weighted by Gasteiger charge is 2.41. The number of hydrogen-bond acceptors (Lipinski definition) is 3. The summed E-state index contributed by atoms with van der Waals surface area (Å²) in [5, 5.41) is 2.79. The summed E-state index contributed by atoms with van der Waals surface area (Å²) in [5.41, 5.74) is 4.31. The maximum Gasteiger partial charge on any atom is 0.305 e. The molecular formula is C19H20O3. The van der Waals surface area contributed by atoms with E-state index in [2.05, 4.69) is 35.1 Å². The Morgan fingerprint density at radius 3 is 3.05 bits per heavy atom. The molecule has 2 aromatic rings. The lowest BCUT2D eigenvalue weighted by molar-refractivity contribution is -0.140. The third-order valence-corrected chi connectivity index (χ3v) is 4.91. The molecule has 2 atom stereocenters. The Bertz CT molecular complexity index is 735. The number of methoxy groups -OCH3 is 1. The van der Waals surface area contributed by atoms with Gasteiger partial charge in [0, 0.05) is 6.42 Å². The van der Waals surface area contributed by atoms with Crippen LogP contribution in [0.15, 0.2) is 30.3 Å². The lowest BCUT2D eigenvalue weighted by atomic mass is 9.96. The Morgan fingerprint density at radius 1 is 1.27 bits per heavy atom. The van der Waals surface area contributed by atoms with Crippen molar-refractivity contribution >= 4 is 16.7 Å². The summed E-state index contributed by atoms with van der Waals surface area (Å²) < 4.78 is 10.6. The fraction of sp³-hybridized carbons (Fsp3) is 0.421. The van der Waals surface area contributed by atoms with Gasteiger partial charge in [0.15, 0.2) is 0 Å². The normalized spacial score (nSPS) is 22.0. The summed E-state index contributed by atoms with van der Waals surface area (Å²) in [5.74, 6) is -0.133. The highest BCUT2D eigenvalue weighted by Crippen LogP contribution is 2.46. The molecule has 2 aliphatic rings. The first-order valence-electron chi connectivity index (χ1n) is 8.03. The van der Waals surface area contributed by atoms with Crippen LogP contribution in [-0.2, 0) is 27.1 Å². The van der Waals surface area contributed by atoms with Crippen molar-refractivity contribution in [2.75, 3.05) is 7.11 Å². The monoisotopic (exact) mass is 296 g/mol. The molecule has 4 rings (SSSR count). The molecule has 114 valence electrons. The van der Waals surface area contributed by atoms with Crippen molar-refractivity contribution in [3.05, 3.63) is 47.0 Å². The molecular weight excluding hydrogens is 276 g/mol. The molecule has 22 heavy (non-hydrogen) atoms. The summed E-state index contributed by atoms with van der Waals surface area (Å²) in [6, 6.07) is 11.0. The third-order valence-electron chi connectivity index (χ3n) is 4.91. The van der Waals surface area contributed by atoms with E-state index in [0.29, 0.717) is 6.42 Å². The van der Waals surface area contributed by atoms with Crippen LogP contribution in [0, 0.1) is 0 Å². The van der Waals surface area contributed by atoms with E-state index in [0.717, 1.165) is 25.7 Å². The maximum absolute atomic E-state index is 11.2. The Balaban J connectivity index is 1.49. The Kier molecular flexibility index (Phi) is 3.38. The van der Waals surface area contributed by atoms with Crippen molar-refractivity contribution in [1.29, 1.82) is 0 Å². The summed E-state index contributed by atoms with van der Waals surface area (Å²) in [4.78, 5) is 11.2. The zero-order valence-corrected chi connectivity index (χ0v) is 12.8. The predicted molar refractivity (Wildman–Crippen MR) is 84.8 cm³/mol. The van der Waals surface area contributed by atoms with Crippen molar-refractivity contribution in [3.8, 4) is 0 Å². The first kappa shape index (κ1) is 13.8. The molecule has 1 saturated heterocycles. The van der Waals surface area contributed by atoms with E-state index >= 15 is 0 Å². The largest absolute Gasteiger partial charge is 0.469 e. The topological polar surface area (TPSA) is 38.8 Å². The summed E-state index contributed by atoms with van der Waals surface area (Å²) in [6.07, 6.45) is 5.01. The number of aryl methyl sites for hydroxylation is 2. The standard InChI is InChI=1S/C19H20O3/c1-21-17(20)7-3-6-16-19(22-16)15-11-9-13-5-2-4-12-8-10-14(15)18(12)13/h2,4-5,9,11,16,19H,3,6-8,10H2,1H3. The van der Waals surface area contributed by atoms with Gasteiger partial charge < -0.3 is 9.47 Å². The summed E-state index contributed by atoms with van der Waals surface area (Å²) in [6.45, 7) is 0. The predicted octanol–water partition coefficient (Wildman–Crippen LogP) is 3.72. The fourth-order valence-corrected chi connectivity index (χ4v) is 3.74. The zero-order valence-electron chi connectivity index (χ0n) is 12.8. The molecule has 1 aliphatic heterocycles. The number of carbonyl (C=O) groups is 1. The number of carbonyl (C=O) groups excluding carboxylic acids is 1. The van der Waals surface area contributed by atoms with Gasteiger partial charge in [0.2, 0.25) is 0 Å². The summed E-state index contributed by atoms with van der Waals surface area (Å²) >= 11 is 0. The average Bonchev–Trinajstić information content (AvgIpc) is 3.18. The van der Waals surface area contributed by atoms with Crippen LogP contribution in [0.25, 0.3) is 10.8 Å². The Labute approximate surface area is 130 Å². The van der Waals surface area contributed by atoms with Gasteiger partial charge in [-0.05, 0) is 53.1 Å². The van der Waals surface area contributed by atoms with Gasteiger partial charge in [-0.15, -0.1) is 0 Å². The van der Waals surface area contributed by atoms with Gasteiger partial charge in [0.25, 0.3) is 0 Å². The van der Waals surface area contributed by atoms with Gasteiger partial charge >= 0.3 is 5.97 Å². The minimum absolute atomic E-state index is 0.133. The number of ether oxygens (including phenoxy) is 2. The van der Waals surface area contributed by atoms with E-state index in [-0.39, 0.29) is 18.2 Å². The molecule has 0 radical (unpaired) electrons. The lowest BCUT2D eigenvalue weighted by Crippen LogP contribution is -2.01. The molecule has 0 amide bonds. The second-order valence-corrected chi connectivity index (χ2v) is 6.21. The van der Waals surface area contributed by atoms with Gasteiger partial charge in [-0.1, -0.05) is 30.3 Å². The van der Waals surface area contributed by atoms with E-state index in [1.54, 1.807) is 0 Å². The smallest absolute Gasteiger partial charge is 0.305 e. The van der Waals surface area contributed by atoms with E-state index in [1.807, 2.05) is 0 Å². The van der Waals surface area contributed by atoms with Crippen LogP contribution in [0.1, 0.15) is 42.1 Å². The fourth-order valence-electron chi connectivity index (χ4n) is 3.74. The van der Waals surface area contributed by atoms with Crippen molar-refractivity contribution in [3.63, 3.8) is 0 Å². The van der Waals surface area contributed by atoms with Crippen LogP contribution >= 0.6 is 0 Å². The highest BCUT2D eigenvalue weighted by atomic mass is 16.6. The quantitative estimate of drug-likeness (QED) is 0.623. The second-order valence-electron chi connectivity index (χ2n) is 6.21. The lowest BCUT2D eigenvalue weighted by Gasteiger charge is -2.07. The minimum atomic E-state index is -0.133. The number of epoxide rings is 1. The number of hydrogen-bond donors (Lipinski definition) is 0. The molecule has 3 nitrogen and oxygen atoms in total. The first-order chi connectivity index (χ1) is 10.8. The van der Waals surface area contributed by atoms with Gasteiger partial charge in [0.1, 0.15) is 6.10 Å². The van der Waals surface area contributed by atoms with Gasteiger partial charge in [-0.25, -0.2) is 0 Å². The van der Waals surface area contributed by atoms with E-state index in [9.17, 15) is 4.79 Å². The number of esters is 1. The number of benzene rings is 2. The van der Waals surface area contributed by atoms with Crippen LogP contribution < -0.4 is 0 Å². The van der Waals surface area contributed by atoms with Crippen molar-refractivity contribution < 1.29 is 14.3 Å². The van der Waals surface area contributed by atoms with E-state index < -0.39 is 0 Å². The third kappa shape index (κ3) is 2.30. The second kappa shape index (κ2) is 5.40. The van der Waals surface area contributed by atoms with Crippen LogP contribution in [0.5, 0.6) is 0 Å². The van der Waals surface area contributed by atoms with Crippen molar-refractivity contribution in [1.82, 2.24) is 0 Å². The molecule has 1 aliphatic carbocycles. The van der Waals surface area contributed by atoms with E-state index in [1.165, 1.54) is 34.6 Å². The van der Waals surface area contributed by atoms with Crippen LogP contribution in [-0.4, -0.2) is 19.2 Å². The Hall–Kier alpha value is -1.87. The Morgan fingerprint density at radius 2 is 2.18 bits per heavy atom. The first-order valence-corrected chi connectivity index (χ1v) is 8.03. The van der Waals surface area contributed by atoms with Crippen LogP contribution in [0.3, 0.4) is 0 Å². The molecule has 2 aromatic carbocycles. The molecule has 0 N–H and O–H groups in total. The molecule has 0 saturated carbocycles. The van der Waals surface area contributed by atoms with Crippen LogP contribution in [0.4, 0.5) is 0 Å². The highest BCUT2D eigenvalue weighted by molar-refractivity contribution is 5.91. The average molecular weight is 296 g/mol. The molecule has 1 fully saturated rings. The molecule has 0 aromatic heterocycles. The SMILES string of the molecule is COC(=O)CCCC1OC1c1ccc2cccc3c2c1CC3. The van der Waals surface area contributed by atoms with Gasteiger partial charge in [-0.2, -0.15) is 0 Å².